The summed E-state index contributed by atoms with van der Waals surface area (Å²) in [6, 6.07) is 7.10. The molecule has 3 N–H and O–H groups in total. The number of nitrogens with two attached hydrogens (primary N) is 1. The summed E-state index contributed by atoms with van der Waals surface area (Å²) in [7, 11) is 1.89. The third kappa shape index (κ3) is 4.71. The molecule has 29 heavy (non-hydrogen) atoms. The van der Waals surface area contributed by atoms with Crippen molar-refractivity contribution < 1.29 is 14.3 Å². The average molecular weight is 395 g/mol. The topological polar surface area (TPSA) is 110 Å². The van der Waals surface area contributed by atoms with E-state index < -0.39 is 17.6 Å². The molecular weight excluding hydrogens is 370 g/mol. The number of ether oxygens (including phenoxy) is 1. The van der Waals surface area contributed by atoms with E-state index in [9.17, 15) is 9.59 Å². The Balaban J connectivity index is 1.88. The van der Waals surface area contributed by atoms with Crippen LogP contribution >= 0.6 is 0 Å². The van der Waals surface area contributed by atoms with Crippen molar-refractivity contribution in [3.8, 4) is 0 Å². The number of primary amides is 1. The van der Waals surface area contributed by atoms with Crippen LogP contribution in [0, 0.1) is 0 Å². The zero-order valence-electron chi connectivity index (χ0n) is 17.0. The van der Waals surface area contributed by atoms with Gasteiger partial charge >= 0.3 is 6.09 Å². The Morgan fingerprint density at radius 1 is 1.17 bits per heavy atom. The average Bonchev–Trinajstić information content (AvgIpc) is 2.65. The van der Waals surface area contributed by atoms with Crippen molar-refractivity contribution in [2.45, 2.75) is 26.4 Å². The normalized spacial score (nSPS) is 11.4. The van der Waals surface area contributed by atoms with Crippen LogP contribution in [0.2, 0.25) is 0 Å². The largest absolute Gasteiger partial charge is 0.444 e. The van der Waals surface area contributed by atoms with Crippen LogP contribution in [0.15, 0.2) is 36.7 Å². The number of aromatic nitrogens is 2. The van der Waals surface area contributed by atoms with Gasteiger partial charge in [-0.05, 0) is 39.0 Å². The molecule has 0 aliphatic carbocycles. The minimum absolute atomic E-state index is 0.388. The fraction of sp³-hybridized carbons (Fsp3) is 0.333. The molecule has 0 saturated heterocycles. The van der Waals surface area contributed by atoms with Gasteiger partial charge in [-0.15, -0.1) is 0 Å². The van der Waals surface area contributed by atoms with Crippen LogP contribution in [0.5, 0.6) is 0 Å². The predicted octanol–water partition coefficient (Wildman–Crippen LogP) is 2.84. The van der Waals surface area contributed by atoms with Crippen LogP contribution in [0.4, 0.5) is 10.6 Å². The van der Waals surface area contributed by atoms with Gasteiger partial charge in [0.2, 0.25) is 5.91 Å². The van der Waals surface area contributed by atoms with Crippen LogP contribution in [-0.4, -0.2) is 47.7 Å². The molecule has 2 aromatic heterocycles. The van der Waals surface area contributed by atoms with E-state index in [1.165, 1.54) is 0 Å². The summed E-state index contributed by atoms with van der Waals surface area (Å²) in [5, 5.41) is 5.49. The van der Waals surface area contributed by atoms with Crippen molar-refractivity contribution in [3.05, 3.63) is 42.2 Å². The van der Waals surface area contributed by atoms with Crippen LogP contribution in [0.1, 0.15) is 31.1 Å². The number of benzene rings is 1. The molecule has 3 aromatic rings. The molecule has 0 bridgehead atoms. The van der Waals surface area contributed by atoms with Gasteiger partial charge < -0.3 is 20.7 Å². The Morgan fingerprint density at radius 2 is 1.93 bits per heavy atom. The van der Waals surface area contributed by atoms with Crippen molar-refractivity contribution in [2.75, 3.05) is 25.0 Å². The van der Waals surface area contributed by atoms with Crippen LogP contribution in [0.3, 0.4) is 0 Å². The van der Waals surface area contributed by atoms with Gasteiger partial charge in [-0.3, -0.25) is 9.78 Å². The quantitative estimate of drug-likeness (QED) is 0.643. The highest BCUT2D eigenvalue weighted by atomic mass is 16.6. The Kier molecular flexibility index (Phi) is 5.54. The molecular formula is C21H25N5O3. The maximum absolute atomic E-state index is 11.8. The number of carbonyl (C=O) groups is 2. The highest BCUT2D eigenvalue weighted by Gasteiger charge is 2.17. The third-order valence-corrected chi connectivity index (χ3v) is 4.34. The minimum Gasteiger partial charge on any atom is -0.444 e. The van der Waals surface area contributed by atoms with Gasteiger partial charge in [-0.1, -0.05) is 6.07 Å². The lowest BCUT2D eigenvalue weighted by Gasteiger charge is -2.23. The summed E-state index contributed by atoms with van der Waals surface area (Å²) in [6.07, 6.45) is 3.03. The molecule has 0 unspecified atom stereocenters. The van der Waals surface area contributed by atoms with E-state index in [4.69, 9.17) is 15.5 Å². The number of pyridine rings is 2. The number of anilines is 1. The molecule has 0 fully saturated rings. The number of rotatable bonds is 5. The lowest BCUT2D eigenvalue weighted by atomic mass is 10.1. The van der Waals surface area contributed by atoms with E-state index in [1.807, 2.05) is 44.9 Å². The van der Waals surface area contributed by atoms with E-state index in [0.29, 0.717) is 24.2 Å². The first-order chi connectivity index (χ1) is 13.7. The monoisotopic (exact) mass is 395 g/mol. The Morgan fingerprint density at radius 3 is 2.62 bits per heavy atom. The summed E-state index contributed by atoms with van der Waals surface area (Å²) in [5.74, 6) is 0.221. The second-order valence-corrected chi connectivity index (χ2v) is 7.80. The number of hydrogen-bond donors (Lipinski definition) is 2. The van der Waals surface area contributed by atoms with E-state index in [0.717, 1.165) is 22.0 Å². The fourth-order valence-corrected chi connectivity index (χ4v) is 3.02. The zero-order chi connectivity index (χ0) is 21.2. The molecule has 0 aliphatic rings. The molecule has 8 heteroatoms. The SMILES string of the molecule is CN(CCNC(=O)OC(C)(C)C)c1nc2cc(C(N)=O)ccc2c2cnccc12. The third-order valence-electron chi connectivity index (χ3n) is 4.34. The van der Waals surface area contributed by atoms with Gasteiger partial charge in [-0.2, -0.15) is 0 Å². The molecule has 8 nitrogen and oxygen atoms in total. The number of nitrogens with zero attached hydrogens (tertiary/aromatic N) is 3. The minimum atomic E-state index is -0.544. The Hall–Kier alpha value is -3.42. The number of fused-ring (bicyclic) bond motifs is 3. The highest BCUT2D eigenvalue weighted by Crippen LogP contribution is 2.30. The standard InChI is InChI=1S/C21H25N5O3/c1-21(2,3)29-20(28)24-9-10-26(4)19-15-7-8-23-12-16(15)14-6-5-13(18(22)27)11-17(14)25-19/h5-8,11-12H,9-10H2,1-4H3,(H2,22,27)(H,24,28). The molecule has 2 amide bonds. The lowest BCUT2D eigenvalue weighted by Crippen LogP contribution is -2.37. The summed E-state index contributed by atoms with van der Waals surface area (Å²) >= 11 is 0. The van der Waals surface area contributed by atoms with Gasteiger partial charge in [-0.25, -0.2) is 9.78 Å². The number of hydrogen-bond acceptors (Lipinski definition) is 6. The van der Waals surface area contributed by atoms with Crippen molar-refractivity contribution >= 4 is 39.5 Å². The van der Waals surface area contributed by atoms with Crippen molar-refractivity contribution in [1.29, 1.82) is 0 Å². The molecule has 0 atom stereocenters. The van der Waals surface area contributed by atoms with E-state index >= 15 is 0 Å². The van der Waals surface area contributed by atoms with E-state index in [-0.39, 0.29) is 0 Å². The second-order valence-electron chi connectivity index (χ2n) is 7.80. The van der Waals surface area contributed by atoms with E-state index in [1.54, 1.807) is 24.5 Å². The van der Waals surface area contributed by atoms with Gasteiger partial charge in [0.1, 0.15) is 11.4 Å². The smallest absolute Gasteiger partial charge is 0.407 e. The maximum Gasteiger partial charge on any atom is 0.407 e. The highest BCUT2D eigenvalue weighted by molar-refractivity contribution is 6.11. The van der Waals surface area contributed by atoms with Gasteiger partial charge in [0.05, 0.1) is 5.52 Å². The summed E-state index contributed by atoms with van der Waals surface area (Å²) in [4.78, 5) is 34.3. The molecule has 2 heterocycles. The molecule has 3 rings (SSSR count). The van der Waals surface area contributed by atoms with Crippen molar-refractivity contribution in [1.82, 2.24) is 15.3 Å². The van der Waals surface area contributed by atoms with Crippen LogP contribution in [0.25, 0.3) is 21.7 Å². The first-order valence-electron chi connectivity index (χ1n) is 9.31. The molecule has 0 spiro atoms. The lowest BCUT2D eigenvalue weighted by molar-refractivity contribution is 0.0529. The summed E-state index contributed by atoms with van der Waals surface area (Å²) in [6.45, 7) is 6.36. The summed E-state index contributed by atoms with van der Waals surface area (Å²) in [5.41, 5.74) is 5.92. The Bertz CT molecular complexity index is 1080. The number of nitrogens with one attached hydrogen (secondary N) is 1. The molecule has 1 aromatic carbocycles. The number of carbonyl (C=O) groups excluding carboxylic acids is 2. The van der Waals surface area contributed by atoms with Gasteiger partial charge in [0.15, 0.2) is 0 Å². The number of alkyl carbamates (subject to hydrolysis) is 1. The van der Waals surface area contributed by atoms with Crippen LogP contribution in [-0.2, 0) is 4.74 Å². The van der Waals surface area contributed by atoms with E-state index in [2.05, 4.69) is 10.3 Å². The van der Waals surface area contributed by atoms with Crippen LogP contribution < -0.4 is 16.0 Å². The predicted molar refractivity (Wildman–Crippen MR) is 113 cm³/mol. The molecule has 0 radical (unpaired) electrons. The molecule has 0 aliphatic heterocycles. The molecule has 0 saturated carbocycles. The Labute approximate surface area is 169 Å². The maximum atomic E-state index is 11.8. The molecule has 152 valence electrons. The van der Waals surface area contributed by atoms with Gasteiger partial charge in [0.25, 0.3) is 0 Å². The first kappa shape index (κ1) is 20.3. The fourth-order valence-electron chi connectivity index (χ4n) is 3.02. The second kappa shape index (κ2) is 7.90. The van der Waals surface area contributed by atoms with Crippen molar-refractivity contribution in [3.63, 3.8) is 0 Å². The number of likely N-dealkylation sites (N-methyl/N-ethyl adjacent to an activating group) is 1. The zero-order valence-corrected chi connectivity index (χ0v) is 17.0. The first-order valence-corrected chi connectivity index (χ1v) is 9.31. The van der Waals surface area contributed by atoms with Crippen molar-refractivity contribution in [2.24, 2.45) is 5.73 Å². The summed E-state index contributed by atoms with van der Waals surface area (Å²) < 4.78 is 5.25. The van der Waals surface area contributed by atoms with Gasteiger partial charge in [0, 0.05) is 54.3 Å². The number of amides is 2.